The zero-order valence-electron chi connectivity index (χ0n) is 11.2. The summed E-state index contributed by atoms with van der Waals surface area (Å²) in [5, 5.41) is 3.36. The van der Waals surface area contributed by atoms with Crippen LogP contribution in [-0.2, 0) is 0 Å². The number of piperidine rings is 1. The third kappa shape index (κ3) is 2.93. The van der Waals surface area contributed by atoms with E-state index in [1.54, 1.807) is 6.07 Å². The van der Waals surface area contributed by atoms with E-state index in [0.29, 0.717) is 11.8 Å². The monoisotopic (exact) mass is 250 g/mol. The quantitative estimate of drug-likeness (QED) is 0.891. The van der Waals surface area contributed by atoms with Gasteiger partial charge in [-0.2, -0.15) is 0 Å². The van der Waals surface area contributed by atoms with Crippen LogP contribution in [0.4, 0.5) is 0 Å². The Kier molecular flexibility index (Phi) is 4.42. The van der Waals surface area contributed by atoms with Crippen molar-refractivity contribution in [1.29, 1.82) is 0 Å². The first-order valence-corrected chi connectivity index (χ1v) is 6.80. The molecule has 0 saturated carbocycles. The number of furan rings is 1. The van der Waals surface area contributed by atoms with Gasteiger partial charge >= 0.3 is 0 Å². The smallest absolute Gasteiger partial charge is 0.289 e. The molecule has 1 aliphatic rings. The first kappa shape index (κ1) is 13.1. The molecule has 1 unspecified atom stereocenters. The zero-order chi connectivity index (χ0) is 13.0. The number of rotatable bonds is 4. The van der Waals surface area contributed by atoms with Crippen LogP contribution >= 0.6 is 0 Å². The van der Waals surface area contributed by atoms with Crippen molar-refractivity contribution in [3.8, 4) is 0 Å². The number of amides is 1. The van der Waals surface area contributed by atoms with E-state index in [9.17, 15) is 4.79 Å². The molecule has 100 valence electrons. The maximum absolute atomic E-state index is 12.5. The Morgan fingerprint density at radius 1 is 1.56 bits per heavy atom. The Morgan fingerprint density at radius 3 is 2.94 bits per heavy atom. The minimum Gasteiger partial charge on any atom is -0.456 e. The van der Waals surface area contributed by atoms with Crippen LogP contribution in [0.25, 0.3) is 0 Å². The van der Waals surface area contributed by atoms with Crippen molar-refractivity contribution in [3.05, 3.63) is 23.7 Å². The van der Waals surface area contributed by atoms with E-state index in [2.05, 4.69) is 12.2 Å². The molecular formula is C14H22N2O2. The third-order valence-corrected chi connectivity index (χ3v) is 3.39. The lowest BCUT2D eigenvalue weighted by molar-refractivity contribution is 0.0615. The minimum absolute atomic E-state index is 0.0265. The van der Waals surface area contributed by atoms with Crippen LogP contribution < -0.4 is 5.32 Å². The number of hydrogen-bond donors (Lipinski definition) is 1. The SMILES string of the molecule is CCCN(C(=O)c1ccc(C)o1)C1CCCNC1. The van der Waals surface area contributed by atoms with E-state index in [1.807, 2.05) is 17.9 Å². The van der Waals surface area contributed by atoms with Gasteiger partial charge in [0, 0.05) is 19.1 Å². The fourth-order valence-corrected chi connectivity index (χ4v) is 2.48. The molecule has 1 N–H and O–H groups in total. The molecule has 1 amide bonds. The number of nitrogens with zero attached hydrogens (tertiary/aromatic N) is 1. The van der Waals surface area contributed by atoms with Gasteiger partial charge < -0.3 is 14.6 Å². The van der Waals surface area contributed by atoms with Crippen molar-refractivity contribution < 1.29 is 9.21 Å². The zero-order valence-corrected chi connectivity index (χ0v) is 11.2. The van der Waals surface area contributed by atoms with Crippen molar-refractivity contribution in [2.24, 2.45) is 0 Å². The minimum atomic E-state index is 0.0265. The molecule has 1 aromatic rings. The van der Waals surface area contributed by atoms with Crippen molar-refractivity contribution in [3.63, 3.8) is 0 Å². The van der Waals surface area contributed by atoms with Gasteiger partial charge in [0.25, 0.3) is 5.91 Å². The summed E-state index contributed by atoms with van der Waals surface area (Å²) in [7, 11) is 0. The predicted molar refractivity (Wildman–Crippen MR) is 70.7 cm³/mol. The number of aryl methyl sites for hydroxylation is 1. The molecule has 1 aliphatic heterocycles. The molecule has 1 aromatic heterocycles. The van der Waals surface area contributed by atoms with Crippen LogP contribution in [0.3, 0.4) is 0 Å². The molecule has 2 heterocycles. The second-order valence-electron chi connectivity index (χ2n) is 4.91. The first-order chi connectivity index (χ1) is 8.72. The maximum atomic E-state index is 12.5. The lowest BCUT2D eigenvalue weighted by Crippen LogP contribution is -2.48. The Balaban J connectivity index is 2.10. The summed E-state index contributed by atoms with van der Waals surface area (Å²) in [6.07, 6.45) is 3.19. The van der Waals surface area contributed by atoms with Gasteiger partial charge in [-0.3, -0.25) is 4.79 Å². The Bertz CT molecular complexity index is 394. The van der Waals surface area contributed by atoms with E-state index in [-0.39, 0.29) is 5.91 Å². The van der Waals surface area contributed by atoms with Crippen LogP contribution in [0.1, 0.15) is 42.5 Å². The second-order valence-corrected chi connectivity index (χ2v) is 4.91. The van der Waals surface area contributed by atoms with E-state index < -0.39 is 0 Å². The average Bonchev–Trinajstić information content (AvgIpc) is 2.83. The fourth-order valence-electron chi connectivity index (χ4n) is 2.48. The molecule has 1 atom stereocenters. The van der Waals surface area contributed by atoms with Crippen molar-refractivity contribution in [2.75, 3.05) is 19.6 Å². The van der Waals surface area contributed by atoms with E-state index in [0.717, 1.165) is 44.7 Å². The highest BCUT2D eigenvalue weighted by Crippen LogP contribution is 2.16. The van der Waals surface area contributed by atoms with Gasteiger partial charge in [-0.1, -0.05) is 6.92 Å². The molecule has 0 radical (unpaired) electrons. The van der Waals surface area contributed by atoms with Gasteiger partial charge in [-0.05, 0) is 44.9 Å². The molecule has 0 aromatic carbocycles. The summed E-state index contributed by atoms with van der Waals surface area (Å²) < 4.78 is 5.45. The molecule has 0 spiro atoms. The Morgan fingerprint density at radius 2 is 2.39 bits per heavy atom. The van der Waals surface area contributed by atoms with Crippen LogP contribution in [0.5, 0.6) is 0 Å². The molecule has 0 aliphatic carbocycles. The highest BCUT2D eigenvalue weighted by Gasteiger charge is 2.27. The normalized spacial score (nSPS) is 19.8. The predicted octanol–water partition coefficient (Wildman–Crippen LogP) is 2.19. The average molecular weight is 250 g/mol. The summed E-state index contributed by atoms with van der Waals surface area (Å²) in [6.45, 7) is 6.72. The van der Waals surface area contributed by atoms with E-state index in [1.165, 1.54) is 0 Å². The fraction of sp³-hybridized carbons (Fsp3) is 0.643. The van der Waals surface area contributed by atoms with Gasteiger partial charge in [-0.15, -0.1) is 0 Å². The number of carbonyl (C=O) groups is 1. The van der Waals surface area contributed by atoms with Crippen LogP contribution in [-0.4, -0.2) is 36.5 Å². The number of hydrogen-bond acceptors (Lipinski definition) is 3. The van der Waals surface area contributed by atoms with Crippen molar-refractivity contribution in [1.82, 2.24) is 10.2 Å². The topological polar surface area (TPSA) is 45.5 Å². The first-order valence-electron chi connectivity index (χ1n) is 6.80. The largest absolute Gasteiger partial charge is 0.456 e. The summed E-state index contributed by atoms with van der Waals surface area (Å²) in [5.74, 6) is 1.28. The van der Waals surface area contributed by atoms with Gasteiger partial charge in [0.1, 0.15) is 5.76 Å². The molecule has 1 saturated heterocycles. The van der Waals surface area contributed by atoms with Gasteiger partial charge in [0.2, 0.25) is 0 Å². The number of nitrogens with one attached hydrogen (secondary N) is 1. The van der Waals surface area contributed by atoms with Gasteiger partial charge in [0.05, 0.1) is 0 Å². The second kappa shape index (κ2) is 6.05. The lowest BCUT2D eigenvalue weighted by atomic mass is 10.1. The summed E-state index contributed by atoms with van der Waals surface area (Å²) in [6, 6.07) is 3.92. The molecule has 18 heavy (non-hydrogen) atoms. The molecule has 4 nitrogen and oxygen atoms in total. The summed E-state index contributed by atoms with van der Waals surface area (Å²) >= 11 is 0. The van der Waals surface area contributed by atoms with Crippen molar-refractivity contribution in [2.45, 2.75) is 39.2 Å². The standard InChI is InChI=1S/C14H22N2O2/c1-3-9-16(12-5-4-8-15-10-12)14(17)13-7-6-11(2)18-13/h6-7,12,15H,3-5,8-10H2,1-2H3. The third-order valence-electron chi connectivity index (χ3n) is 3.39. The van der Waals surface area contributed by atoms with E-state index >= 15 is 0 Å². The molecule has 2 rings (SSSR count). The molecule has 1 fully saturated rings. The van der Waals surface area contributed by atoms with Gasteiger partial charge in [-0.25, -0.2) is 0 Å². The summed E-state index contributed by atoms with van der Waals surface area (Å²) in [5.41, 5.74) is 0. The van der Waals surface area contributed by atoms with E-state index in [4.69, 9.17) is 4.42 Å². The van der Waals surface area contributed by atoms with Gasteiger partial charge in [0.15, 0.2) is 5.76 Å². The highest BCUT2D eigenvalue weighted by molar-refractivity contribution is 5.91. The van der Waals surface area contributed by atoms with Crippen LogP contribution in [0.15, 0.2) is 16.5 Å². The summed E-state index contributed by atoms with van der Waals surface area (Å²) in [4.78, 5) is 14.4. The number of carbonyl (C=O) groups excluding carboxylic acids is 1. The van der Waals surface area contributed by atoms with Crippen LogP contribution in [0, 0.1) is 6.92 Å². The Labute approximate surface area is 108 Å². The molecule has 4 heteroatoms. The molecule has 0 bridgehead atoms. The van der Waals surface area contributed by atoms with Crippen LogP contribution in [0.2, 0.25) is 0 Å². The maximum Gasteiger partial charge on any atom is 0.289 e. The highest BCUT2D eigenvalue weighted by atomic mass is 16.3. The Hall–Kier alpha value is -1.29. The lowest BCUT2D eigenvalue weighted by Gasteiger charge is -2.34. The van der Waals surface area contributed by atoms with Crippen molar-refractivity contribution >= 4 is 5.91 Å². The molecular weight excluding hydrogens is 228 g/mol.